The summed E-state index contributed by atoms with van der Waals surface area (Å²) in [4.78, 5) is 44.8. The minimum atomic E-state index is -1.04. The van der Waals surface area contributed by atoms with Crippen LogP contribution in [0.25, 0.3) is 0 Å². The lowest BCUT2D eigenvalue weighted by atomic mass is 9.70. The second-order valence-electron chi connectivity index (χ2n) is 10.5. The molecule has 1 N–H and O–H groups in total. The summed E-state index contributed by atoms with van der Waals surface area (Å²) < 4.78 is 12.0. The van der Waals surface area contributed by atoms with E-state index in [1.807, 2.05) is 30.3 Å². The van der Waals surface area contributed by atoms with Gasteiger partial charge in [0, 0.05) is 26.2 Å². The number of carbonyl (C=O) groups is 3. The molecule has 0 saturated carbocycles. The van der Waals surface area contributed by atoms with E-state index in [2.05, 4.69) is 13.2 Å². The first kappa shape index (κ1) is 28.0. The summed E-state index contributed by atoms with van der Waals surface area (Å²) in [6, 6.07) is 8.93. The Kier molecular flexibility index (Phi) is 9.39. The molecule has 3 aliphatic rings. The zero-order valence-corrected chi connectivity index (χ0v) is 22.1. The van der Waals surface area contributed by atoms with Crippen molar-refractivity contribution in [3.8, 4) is 0 Å². The highest BCUT2D eigenvalue weighted by Crippen LogP contribution is 2.58. The van der Waals surface area contributed by atoms with Crippen molar-refractivity contribution in [2.75, 3.05) is 26.3 Å². The largest absolute Gasteiger partial charge is 0.465 e. The molecule has 3 heterocycles. The van der Waals surface area contributed by atoms with Gasteiger partial charge in [-0.3, -0.25) is 14.4 Å². The van der Waals surface area contributed by atoms with Crippen molar-refractivity contribution in [2.24, 2.45) is 11.8 Å². The van der Waals surface area contributed by atoms with E-state index in [-0.39, 0.29) is 25.0 Å². The Morgan fingerprint density at radius 2 is 1.92 bits per heavy atom. The van der Waals surface area contributed by atoms with Gasteiger partial charge in [0.05, 0.1) is 24.5 Å². The van der Waals surface area contributed by atoms with Gasteiger partial charge >= 0.3 is 5.97 Å². The number of hydrogen-bond acceptors (Lipinski definition) is 6. The van der Waals surface area contributed by atoms with Gasteiger partial charge in [0.25, 0.3) is 0 Å². The normalized spacial score (nSPS) is 27.3. The van der Waals surface area contributed by atoms with Crippen LogP contribution in [-0.4, -0.2) is 76.7 Å². The van der Waals surface area contributed by atoms with E-state index in [0.29, 0.717) is 51.7 Å². The molecule has 4 rings (SSSR count). The number of hydrogen-bond donors (Lipinski definition) is 1. The summed E-state index contributed by atoms with van der Waals surface area (Å²) in [6.07, 6.45) is 7.73. The summed E-state index contributed by atoms with van der Waals surface area (Å²) in [6.45, 7) is 8.98. The molecular weight excluding hydrogens is 484 g/mol. The molecule has 2 amide bonds. The zero-order chi connectivity index (χ0) is 27.1. The fraction of sp³-hybridized carbons (Fsp3) is 0.567. The molecule has 1 aromatic carbocycles. The van der Waals surface area contributed by atoms with Crippen LogP contribution in [0.15, 0.2) is 55.6 Å². The van der Waals surface area contributed by atoms with Crippen LogP contribution in [0, 0.1) is 11.8 Å². The van der Waals surface area contributed by atoms with Crippen molar-refractivity contribution in [1.29, 1.82) is 0 Å². The maximum atomic E-state index is 14.3. The van der Waals surface area contributed by atoms with E-state index in [9.17, 15) is 14.4 Å². The van der Waals surface area contributed by atoms with Gasteiger partial charge in [0.2, 0.25) is 11.8 Å². The van der Waals surface area contributed by atoms with Crippen LogP contribution in [0.2, 0.25) is 0 Å². The zero-order valence-electron chi connectivity index (χ0n) is 22.1. The molecule has 0 aliphatic carbocycles. The van der Waals surface area contributed by atoms with Crippen LogP contribution in [0.1, 0.15) is 50.5 Å². The Morgan fingerprint density at radius 3 is 2.63 bits per heavy atom. The molecule has 38 heavy (non-hydrogen) atoms. The maximum Gasteiger partial charge on any atom is 0.312 e. The van der Waals surface area contributed by atoms with E-state index < -0.39 is 35.6 Å². The van der Waals surface area contributed by atoms with E-state index in [1.54, 1.807) is 22.0 Å². The predicted octanol–water partition coefficient (Wildman–Crippen LogP) is 3.25. The van der Waals surface area contributed by atoms with Gasteiger partial charge in [0.1, 0.15) is 11.6 Å². The molecule has 3 aliphatic heterocycles. The van der Waals surface area contributed by atoms with Crippen molar-refractivity contribution in [2.45, 2.75) is 69.2 Å². The molecule has 1 aromatic rings. The van der Waals surface area contributed by atoms with Gasteiger partial charge < -0.3 is 24.4 Å². The second-order valence-corrected chi connectivity index (χ2v) is 10.5. The highest BCUT2D eigenvalue weighted by atomic mass is 16.6. The minimum absolute atomic E-state index is 0.135. The smallest absolute Gasteiger partial charge is 0.312 e. The summed E-state index contributed by atoms with van der Waals surface area (Å²) in [5, 5.41) is 9.12. The van der Waals surface area contributed by atoms with Gasteiger partial charge in [0.15, 0.2) is 0 Å². The van der Waals surface area contributed by atoms with Gasteiger partial charge in [-0.25, -0.2) is 0 Å². The van der Waals surface area contributed by atoms with E-state index in [1.165, 1.54) is 0 Å². The molecule has 3 saturated heterocycles. The molecule has 0 radical (unpaired) electrons. The number of likely N-dealkylation sites (tertiary alicyclic amines) is 1. The number of rotatable bonds is 15. The Bertz CT molecular complexity index is 1010. The van der Waals surface area contributed by atoms with Crippen molar-refractivity contribution >= 4 is 17.8 Å². The first-order chi connectivity index (χ1) is 18.5. The summed E-state index contributed by atoms with van der Waals surface area (Å²) in [7, 11) is 0. The third-order valence-electron chi connectivity index (χ3n) is 8.06. The lowest BCUT2D eigenvalue weighted by Gasteiger charge is -2.37. The molecular formula is C30H40N2O6. The Labute approximate surface area is 225 Å². The summed E-state index contributed by atoms with van der Waals surface area (Å²) >= 11 is 0. The summed E-state index contributed by atoms with van der Waals surface area (Å²) in [5.41, 5.74) is -0.0562. The number of esters is 1. The Morgan fingerprint density at radius 1 is 1.16 bits per heavy atom. The minimum Gasteiger partial charge on any atom is -0.465 e. The topological polar surface area (TPSA) is 96.4 Å². The first-order valence-electron chi connectivity index (χ1n) is 13.8. The van der Waals surface area contributed by atoms with Crippen LogP contribution < -0.4 is 0 Å². The molecule has 1 spiro atoms. The van der Waals surface area contributed by atoms with Gasteiger partial charge in [-0.1, -0.05) is 55.3 Å². The van der Waals surface area contributed by atoms with E-state index in [4.69, 9.17) is 14.6 Å². The predicted molar refractivity (Wildman–Crippen MR) is 143 cm³/mol. The van der Waals surface area contributed by atoms with Gasteiger partial charge in [-0.15, -0.1) is 13.2 Å². The quantitative estimate of drug-likeness (QED) is 0.215. The number of amides is 2. The molecule has 5 atom stereocenters. The average Bonchev–Trinajstić information content (AvgIpc) is 3.56. The number of carbonyl (C=O) groups excluding carboxylic acids is 3. The van der Waals surface area contributed by atoms with Gasteiger partial charge in [-0.2, -0.15) is 0 Å². The SMILES string of the molecule is C=CCCOC(=O)[C@@H]1[C@@H]2CCC3(O2)C(C(=O)N(CC=C)Cc2ccccc2)N(CCCCCCO)C(=O)[C@H]13. The van der Waals surface area contributed by atoms with E-state index >= 15 is 0 Å². The third kappa shape index (κ3) is 5.43. The number of ether oxygens (including phenoxy) is 2. The monoisotopic (exact) mass is 524 g/mol. The number of unbranched alkanes of at least 4 members (excludes halogenated alkanes) is 3. The number of aliphatic hydroxyl groups excluding tert-OH is 1. The molecule has 2 unspecified atom stereocenters. The second kappa shape index (κ2) is 12.7. The Hall–Kier alpha value is -2.97. The van der Waals surface area contributed by atoms with Crippen LogP contribution in [-0.2, 0) is 30.4 Å². The van der Waals surface area contributed by atoms with Crippen LogP contribution >= 0.6 is 0 Å². The van der Waals surface area contributed by atoms with Crippen molar-refractivity contribution < 1.29 is 29.0 Å². The highest BCUT2D eigenvalue weighted by Gasteiger charge is 2.75. The molecule has 3 fully saturated rings. The lowest BCUT2D eigenvalue weighted by Crippen LogP contribution is -2.56. The number of nitrogens with zero attached hydrogens (tertiary/aromatic N) is 2. The molecule has 0 aromatic heterocycles. The third-order valence-corrected chi connectivity index (χ3v) is 8.06. The fourth-order valence-electron chi connectivity index (χ4n) is 6.39. The molecule has 206 valence electrons. The van der Waals surface area contributed by atoms with Crippen LogP contribution in [0.3, 0.4) is 0 Å². The molecule has 2 bridgehead atoms. The van der Waals surface area contributed by atoms with Crippen LogP contribution in [0.4, 0.5) is 0 Å². The number of benzene rings is 1. The fourth-order valence-corrected chi connectivity index (χ4v) is 6.39. The van der Waals surface area contributed by atoms with E-state index in [0.717, 1.165) is 18.4 Å². The first-order valence-corrected chi connectivity index (χ1v) is 13.8. The number of aliphatic hydroxyl groups is 1. The molecule has 8 nitrogen and oxygen atoms in total. The lowest BCUT2D eigenvalue weighted by molar-refractivity contribution is -0.155. The average molecular weight is 525 g/mol. The van der Waals surface area contributed by atoms with Crippen molar-refractivity contribution in [3.63, 3.8) is 0 Å². The number of fused-ring (bicyclic) bond motifs is 1. The van der Waals surface area contributed by atoms with Crippen molar-refractivity contribution in [1.82, 2.24) is 9.80 Å². The standard InChI is InChI=1S/C30H40N2O6/c1-3-5-20-37-29(36)24-23-15-16-30(38-23)25(24)27(34)32(18-11-6-7-12-19-33)26(30)28(35)31(17-4-2)21-22-13-9-8-10-14-22/h3-4,8-10,13-14,23-26,33H,1-2,5-7,11-12,15-21H2/t23-,24+,25-,26?,30?/m0/s1. The Balaban J connectivity index is 1.63. The van der Waals surface area contributed by atoms with Gasteiger partial charge in [-0.05, 0) is 37.7 Å². The summed E-state index contributed by atoms with van der Waals surface area (Å²) in [5.74, 6) is -2.25. The van der Waals surface area contributed by atoms with Crippen molar-refractivity contribution in [3.05, 3.63) is 61.2 Å². The molecule has 8 heteroatoms. The maximum absolute atomic E-state index is 14.3. The van der Waals surface area contributed by atoms with Crippen LogP contribution in [0.5, 0.6) is 0 Å². The highest BCUT2D eigenvalue weighted by molar-refractivity contribution is 5.98.